The Morgan fingerprint density at radius 2 is 1.94 bits per heavy atom. The number of benzene rings is 1. The molecule has 0 saturated heterocycles. The largest absolute Gasteiger partial charge is 0.296 e. The predicted octanol–water partition coefficient (Wildman–Crippen LogP) is 3.16. The molecule has 0 fully saturated rings. The SMILES string of the molecule is Brc1nc2cnccn2c1-c1ccccc1. The van der Waals surface area contributed by atoms with Gasteiger partial charge < -0.3 is 0 Å². The lowest BCUT2D eigenvalue weighted by molar-refractivity contribution is 1.13. The highest BCUT2D eigenvalue weighted by molar-refractivity contribution is 9.10. The van der Waals surface area contributed by atoms with Crippen molar-refractivity contribution in [1.82, 2.24) is 14.4 Å². The van der Waals surface area contributed by atoms with Crippen LogP contribution in [0.3, 0.4) is 0 Å². The molecule has 2 heterocycles. The summed E-state index contributed by atoms with van der Waals surface area (Å²) in [5.41, 5.74) is 3.03. The van der Waals surface area contributed by atoms with Crippen LogP contribution in [0.25, 0.3) is 16.9 Å². The second-order valence-electron chi connectivity index (χ2n) is 3.42. The third-order valence-electron chi connectivity index (χ3n) is 2.43. The molecule has 16 heavy (non-hydrogen) atoms. The fraction of sp³-hybridized carbons (Fsp3) is 0. The maximum Gasteiger partial charge on any atom is 0.157 e. The first-order valence-electron chi connectivity index (χ1n) is 4.89. The molecule has 0 aliphatic carbocycles. The average molecular weight is 274 g/mol. The number of fused-ring (bicyclic) bond motifs is 1. The molecule has 0 atom stereocenters. The van der Waals surface area contributed by atoms with Crippen molar-refractivity contribution in [3.63, 3.8) is 0 Å². The molecule has 4 heteroatoms. The minimum atomic E-state index is 0.840. The molecule has 0 radical (unpaired) electrons. The number of hydrogen-bond acceptors (Lipinski definition) is 2. The lowest BCUT2D eigenvalue weighted by Gasteiger charge is -2.01. The Bertz CT molecular complexity index is 631. The number of aromatic nitrogens is 3. The van der Waals surface area contributed by atoms with E-state index in [1.54, 1.807) is 12.4 Å². The highest BCUT2D eigenvalue weighted by atomic mass is 79.9. The van der Waals surface area contributed by atoms with E-state index in [9.17, 15) is 0 Å². The van der Waals surface area contributed by atoms with Crippen LogP contribution in [0.15, 0.2) is 53.5 Å². The van der Waals surface area contributed by atoms with Crippen molar-refractivity contribution in [3.05, 3.63) is 53.5 Å². The zero-order valence-electron chi connectivity index (χ0n) is 8.34. The molecule has 3 rings (SSSR count). The number of imidazole rings is 1. The number of halogens is 1. The molecule has 78 valence electrons. The number of rotatable bonds is 1. The molecule has 0 aliphatic heterocycles. The summed E-state index contributed by atoms with van der Waals surface area (Å²) in [6.45, 7) is 0. The van der Waals surface area contributed by atoms with Gasteiger partial charge >= 0.3 is 0 Å². The van der Waals surface area contributed by atoms with Gasteiger partial charge in [-0.05, 0) is 15.9 Å². The molecular weight excluding hydrogens is 266 g/mol. The molecule has 0 amide bonds. The molecular formula is C12H8BrN3. The smallest absolute Gasteiger partial charge is 0.157 e. The Balaban J connectivity index is 2.35. The second-order valence-corrected chi connectivity index (χ2v) is 4.17. The van der Waals surface area contributed by atoms with Crippen molar-refractivity contribution in [2.75, 3.05) is 0 Å². The third kappa shape index (κ3) is 1.42. The molecule has 0 aliphatic rings. The van der Waals surface area contributed by atoms with E-state index in [4.69, 9.17) is 0 Å². The summed E-state index contributed by atoms with van der Waals surface area (Å²) in [4.78, 5) is 8.46. The number of nitrogens with zero attached hydrogens (tertiary/aromatic N) is 3. The van der Waals surface area contributed by atoms with E-state index in [-0.39, 0.29) is 0 Å². The fourth-order valence-corrected chi connectivity index (χ4v) is 2.33. The Hall–Kier alpha value is -1.68. The van der Waals surface area contributed by atoms with E-state index < -0.39 is 0 Å². The fourth-order valence-electron chi connectivity index (χ4n) is 1.73. The van der Waals surface area contributed by atoms with Gasteiger partial charge in [0.2, 0.25) is 0 Å². The molecule has 0 N–H and O–H groups in total. The van der Waals surface area contributed by atoms with Gasteiger partial charge in [0, 0.05) is 18.0 Å². The van der Waals surface area contributed by atoms with E-state index in [2.05, 4.69) is 38.0 Å². The molecule has 0 bridgehead atoms. The molecule has 3 aromatic rings. The van der Waals surface area contributed by atoms with Crippen molar-refractivity contribution in [2.45, 2.75) is 0 Å². The van der Waals surface area contributed by atoms with Gasteiger partial charge in [-0.1, -0.05) is 30.3 Å². The third-order valence-corrected chi connectivity index (χ3v) is 2.99. The van der Waals surface area contributed by atoms with Crippen molar-refractivity contribution >= 4 is 21.6 Å². The van der Waals surface area contributed by atoms with E-state index in [1.807, 2.05) is 28.8 Å². The predicted molar refractivity (Wildman–Crippen MR) is 66.1 cm³/mol. The minimum Gasteiger partial charge on any atom is -0.296 e. The van der Waals surface area contributed by atoms with E-state index in [0.717, 1.165) is 21.5 Å². The van der Waals surface area contributed by atoms with Crippen LogP contribution in [0, 0.1) is 0 Å². The van der Waals surface area contributed by atoms with Gasteiger partial charge in [0.25, 0.3) is 0 Å². The molecule has 0 saturated carbocycles. The van der Waals surface area contributed by atoms with Gasteiger partial charge in [0.05, 0.1) is 11.9 Å². The van der Waals surface area contributed by atoms with Gasteiger partial charge in [-0.2, -0.15) is 0 Å². The van der Waals surface area contributed by atoms with Crippen LogP contribution < -0.4 is 0 Å². The summed E-state index contributed by atoms with van der Waals surface area (Å²) in [6, 6.07) is 10.2. The molecule has 3 nitrogen and oxygen atoms in total. The van der Waals surface area contributed by atoms with Crippen molar-refractivity contribution < 1.29 is 0 Å². The summed E-state index contributed by atoms with van der Waals surface area (Å²) >= 11 is 3.49. The molecule has 0 spiro atoms. The Morgan fingerprint density at radius 1 is 1.12 bits per heavy atom. The van der Waals surface area contributed by atoms with Crippen LogP contribution in [0.4, 0.5) is 0 Å². The molecule has 2 aromatic heterocycles. The van der Waals surface area contributed by atoms with Crippen LogP contribution in [-0.4, -0.2) is 14.4 Å². The topological polar surface area (TPSA) is 30.2 Å². The van der Waals surface area contributed by atoms with Crippen LogP contribution in [0.1, 0.15) is 0 Å². The normalized spacial score (nSPS) is 10.8. The zero-order chi connectivity index (χ0) is 11.0. The van der Waals surface area contributed by atoms with Crippen LogP contribution in [0.2, 0.25) is 0 Å². The average Bonchev–Trinajstić information content (AvgIpc) is 2.66. The van der Waals surface area contributed by atoms with Crippen molar-refractivity contribution in [2.24, 2.45) is 0 Å². The maximum atomic E-state index is 4.41. The monoisotopic (exact) mass is 273 g/mol. The number of hydrogen-bond donors (Lipinski definition) is 0. The van der Waals surface area contributed by atoms with Crippen LogP contribution in [-0.2, 0) is 0 Å². The van der Waals surface area contributed by atoms with Crippen molar-refractivity contribution in [3.8, 4) is 11.3 Å². The van der Waals surface area contributed by atoms with Crippen LogP contribution >= 0.6 is 15.9 Å². The standard InChI is InChI=1S/C12H8BrN3/c13-12-11(9-4-2-1-3-5-9)16-7-6-14-8-10(16)15-12/h1-8H. The quantitative estimate of drug-likeness (QED) is 0.682. The highest BCUT2D eigenvalue weighted by Gasteiger charge is 2.10. The Morgan fingerprint density at radius 3 is 2.75 bits per heavy atom. The van der Waals surface area contributed by atoms with E-state index in [1.165, 1.54) is 0 Å². The first kappa shape index (κ1) is 9.54. The minimum absolute atomic E-state index is 0.840. The summed E-state index contributed by atoms with van der Waals surface area (Å²) in [7, 11) is 0. The second kappa shape index (κ2) is 3.72. The van der Waals surface area contributed by atoms with Gasteiger partial charge in [-0.3, -0.25) is 9.38 Å². The first-order valence-corrected chi connectivity index (χ1v) is 5.68. The summed E-state index contributed by atoms with van der Waals surface area (Å²) in [5, 5.41) is 0. The lowest BCUT2D eigenvalue weighted by atomic mass is 10.2. The highest BCUT2D eigenvalue weighted by Crippen LogP contribution is 2.28. The summed E-state index contributed by atoms with van der Waals surface area (Å²) < 4.78 is 2.86. The van der Waals surface area contributed by atoms with Gasteiger partial charge in [-0.25, -0.2) is 4.98 Å². The zero-order valence-corrected chi connectivity index (χ0v) is 9.92. The Kier molecular flexibility index (Phi) is 2.22. The first-order chi connectivity index (χ1) is 7.86. The lowest BCUT2D eigenvalue weighted by Crippen LogP contribution is -1.88. The maximum absolute atomic E-state index is 4.41. The van der Waals surface area contributed by atoms with Gasteiger partial charge in [0.1, 0.15) is 4.60 Å². The van der Waals surface area contributed by atoms with Crippen molar-refractivity contribution in [1.29, 1.82) is 0 Å². The molecule has 1 aromatic carbocycles. The van der Waals surface area contributed by atoms with E-state index >= 15 is 0 Å². The summed E-state index contributed by atoms with van der Waals surface area (Å²) in [6.07, 6.45) is 5.42. The summed E-state index contributed by atoms with van der Waals surface area (Å²) in [5.74, 6) is 0. The van der Waals surface area contributed by atoms with Gasteiger partial charge in [-0.15, -0.1) is 0 Å². The van der Waals surface area contributed by atoms with Crippen LogP contribution in [0.5, 0.6) is 0 Å². The Labute approximate surface area is 101 Å². The van der Waals surface area contributed by atoms with E-state index in [0.29, 0.717) is 0 Å². The van der Waals surface area contributed by atoms with Gasteiger partial charge in [0.15, 0.2) is 5.65 Å². The molecule has 0 unspecified atom stereocenters.